The van der Waals surface area contributed by atoms with Gasteiger partial charge in [0.05, 0.1) is 10.8 Å². The number of carbonyl (C=O) groups is 3. The smallest absolute Gasteiger partial charge is 0.309 e. The number of ether oxygens (including phenoxy) is 1. The summed E-state index contributed by atoms with van der Waals surface area (Å²) in [4.78, 5) is 39.8. The van der Waals surface area contributed by atoms with Gasteiger partial charge in [0.15, 0.2) is 12.4 Å². The van der Waals surface area contributed by atoms with E-state index in [9.17, 15) is 14.4 Å². The SMILES string of the molecule is O=C(COC(=O)C1CCN(C(=O)c2cccs2)CC1)c1ccc2c(c1)CCCC2. The molecular formula is C23H25NO4S. The van der Waals surface area contributed by atoms with Gasteiger partial charge in [-0.1, -0.05) is 18.2 Å². The molecule has 5 nitrogen and oxygen atoms in total. The molecule has 152 valence electrons. The normalized spacial score (nSPS) is 16.9. The Labute approximate surface area is 174 Å². The number of amides is 1. The van der Waals surface area contributed by atoms with Gasteiger partial charge in [-0.15, -0.1) is 11.3 Å². The van der Waals surface area contributed by atoms with Crippen LogP contribution >= 0.6 is 11.3 Å². The first-order chi connectivity index (χ1) is 14.1. The summed E-state index contributed by atoms with van der Waals surface area (Å²) >= 11 is 1.43. The number of nitrogens with zero attached hydrogens (tertiary/aromatic N) is 1. The molecule has 1 amide bonds. The molecule has 1 aliphatic heterocycles. The Balaban J connectivity index is 1.26. The van der Waals surface area contributed by atoms with E-state index in [2.05, 4.69) is 0 Å². The molecule has 1 fully saturated rings. The highest BCUT2D eigenvalue weighted by atomic mass is 32.1. The molecule has 2 aromatic rings. The summed E-state index contributed by atoms with van der Waals surface area (Å²) in [5.41, 5.74) is 3.19. The van der Waals surface area contributed by atoms with E-state index in [-0.39, 0.29) is 30.2 Å². The van der Waals surface area contributed by atoms with E-state index in [0.29, 0.717) is 31.5 Å². The number of piperidine rings is 1. The lowest BCUT2D eigenvalue weighted by molar-refractivity contribution is -0.148. The van der Waals surface area contributed by atoms with Gasteiger partial charge >= 0.3 is 5.97 Å². The van der Waals surface area contributed by atoms with Gasteiger partial charge in [-0.25, -0.2) is 0 Å². The van der Waals surface area contributed by atoms with Crippen LogP contribution in [0.1, 0.15) is 56.8 Å². The van der Waals surface area contributed by atoms with Crippen molar-refractivity contribution in [1.29, 1.82) is 0 Å². The van der Waals surface area contributed by atoms with Crippen LogP contribution in [0.25, 0.3) is 0 Å². The van der Waals surface area contributed by atoms with Crippen molar-refractivity contribution in [3.8, 4) is 0 Å². The fourth-order valence-corrected chi connectivity index (χ4v) is 4.81. The van der Waals surface area contributed by atoms with Crippen LogP contribution in [0.4, 0.5) is 0 Å². The third kappa shape index (κ3) is 4.58. The molecule has 0 atom stereocenters. The summed E-state index contributed by atoms with van der Waals surface area (Å²) in [5, 5.41) is 1.89. The fourth-order valence-electron chi connectivity index (χ4n) is 4.12. The van der Waals surface area contributed by atoms with E-state index in [0.717, 1.165) is 24.1 Å². The number of hydrogen-bond acceptors (Lipinski definition) is 5. The van der Waals surface area contributed by atoms with E-state index in [1.165, 1.54) is 28.9 Å². The molecule has 0 N–H and O–H groups in total. The largest absolute Gasteiger partial charge is 0.457 e. The molecule has 2 aliphatic rings. The predicted molar refractivity (Wildman–Crippen MR) is 111 cm³/mol. The minimum atomic E-state index is -0.334. The summed E-state index contributed by atoms with van der Waals surface area (Å²) in [7, 11) is 0. The standard InChI is InChI=1S/C23H25NO4S/c25-20(19-8-7-16-4-1-2-5-18(16)14-19)15-28-23(27)17-9-11-24(12-10-17)22(26)21-6-3-13-29-21/h3,6-8,13-14,17H,1-2,4-5,9-12,15H2. The zero-order valence-corrected chi connectivity index (χ0v) is 17.2. The first-order valence-electron chi connectivity index (χ1n) is 10.3. The molecule has 6 heteroatoms. The van der Waals surface area contributed by atoms with Crippen molar-refractivity contribution >= 4 is 29.0 Å². The second-order valence-electron chi connectivity index (χ2n) is 7.77. The molecule has 0 radical (unpaired) electrons. The minimum absolute atomic E-state index is 0.0226. The molecule has 1 saturated heterocycles. The third-order valence-electron chi connectivity index (χ3n) is 5.86. The highest BCUT2D eigenvalue weighted by Crippen LogP contribution is 2.24. The quantitative estimate of drug-likeness (QED) is 0.553. The highest BCUT2D eigenvalue weighted by molar-refractivity contribution is 7.12. The minimum Gasteiger partial charge on any atom is -0.457 e. The molecule has 1 aliphatic carbocycles. The number of rotatable bonds is 5. The summed E-state index contributed by atoms with van der Waals surface area (Å²) in [6.07, 6.45) is 5.60. The van der Waals surface area contributed by atoms with Crippen molar-refractivity contribution < 1.29 is 19.1 Å². The average molecular weight is 412 g/mol. The lowest BCUT2D eigenvalue weighted by atomic mass is 9.90. The maximum Gasteiger partial charge on any atom is 0.309 e. The van der Waals surface area contributed by atoms with Gasteiger partial charge in [-0.3, -0.25) is 14.4 Å². The molecule has 0 unspecified atom stereocenters. The fraction of sp³-hybridized carbons (Fsp3) is 0.435. The lowest BCUT2D eigenvalue weighted by Gasteiger charge is -2.30. The zero-order chi connectivity index (χ0) is 20.2. The molecule has 29 heavy (non-hydrogen) atoms. The Morgan fingerprint density at radius 2 is 1.79 bits per heavy atom. The number of fused-ring (bicyclic) bond motifs is 1. The van der Waals surface area contributed by atoms with Gasteiger partial charge in [0.2, 0.25) is 0 Å². The molecule has 4 rings (SSSR count). The van der Waals surface area contributed by atoms with Crippen molar-refractivity contribution in [2.24, 2.45) is 5.92 Å². The summed E-state index contributed by atoms with van der Waals surface area (Å²) in [6, 6.07) is 9.51. The number of aryl methyl sites for hydroxylation is 2. The maximum absolute atomic E-state index is 12.5. The summed E-state index contributed by atoms with van der Waals surface area (Å²) in [5.74, 6) is -0.718. The second-order valence-corrected chi connectivity index (χ2v) is 8.71. The molecule has 0 spiro atoms. The van der Waals surface area contributed by atoms with E-state index in [1.54, 1.807) is 4.90 Å². The van der Waals surface area contributed by atoms with Crippen LogP contribution in [-0.4, -0.2) is 42.3 Å². The Kier molecular flexibility index (Phi) is 6.09. The topological polar surface area (TPSA) is 63.7 Å². The molecule has 2 heterocycles. The van der Waals surface area contributed by atoms with Crippen molar-refractivity contribution in [2.45, 2.75) is 38.5 Å². The first-order valence-corrected chi connectivity index (χ1v) is 11.1. The molecular weight excluding hydrogens is 386 g/mol. The number of likely N-dealkylation sites (tertiary alicyclic amines) is 1. The Morgan fingerprint density at radius 3 is 2.52 bits per heavy atom. The molecule has 0 bridgehead atoms. The number of thiophene rings is 1. The Bertz CT molecular complexity index is 898. The number of hydrogen-bond donors (Lipinski definition) is 0. The van der Waals surface area contributed by atoms with Crippen LogP contribution in [0.2, 0.25) is 0 Å². The van der Waals surface area contributed by atoms with E-state index >= 15 is 0 Å². The van der Waals surface area contributed by atoms with Crippen LogP contribution in [0.15, 0.2) is 35.7 Å². The van der Waals surface area contributed by atoms with Gasteiger partial charge in [0.1, 0.15) is 0 Å². The number of esters is 1. The maximum atomic E-state index is 12.5. The number of benzene rings is 1. The van der Waals surface area contributed by atoms with Crippen LogP contribution in [-0.2, 0) is 22.4 Å². The summed E-state index contributed by atoms with van der Waals surface area (Å²) < 4.78 is 5.32. The van der Waals surface area contributed by atoms with Crippen molar-refractivity contribution in [2.75, 3.05) is 19.7 Å². The van der Waals surface area contributed by atoms with Gasteiger partial charge in [0.25, 0.3) is 5.91 Å². The first kappa shape index (κ1) is 19.8. The van der Waals surface area contributed by atoms with Crippen LogP contribution in [0.5, 0.6) is 0 Å². The molecule has 1 aromatic carbocycles. The van der Waals surface area contributed by atoms with E-state index in [4.69, 9.17) is 4.74 Å². The van der Waals surface area contributed by atoms with E-state index < -0.39 is 0 Å². The second kappa shape index (κ2) is 8.91. The highest BCUT2D eigenvalue weighted by Gasteiger charge is 2.29. The van der Waals surface area contributed by atoms with Crippen molar-refractivity contribution in [3.63, 3.8) is 0 Å². The molecule has 0 saturated carbocycles. The molecule has 1 aromatic heterocycles. The van der Waals surface area contributed by atoms with Crippen LogP contribution in [0, 0.1) is 5.92 Å². The number of carbonyl (C=O) groups excluding carboxylic acids is 3. The average Bonchev–Trinajstić information content (AvgIpc) is 3.31. The van der Waals surface area contributed by atoms with Gasteiger partial charge < -0.3 is 9.64 Å². The van der Waals surface area contributed by atoms with Gasteiger partial charge in [-0.05, 0) is 67.2 Å². The van der Waals surface area contributed by atoms with Gasteiger partial charge in [-0.2, -0.15) is 0 Å². The van der Waals surface area contributed by atoms with Crippen LogP contribution in [0.3, 0.4) is 0 Å². The monoisotopic (exact) mass is 411 g/mol. The van der Waals surface area contributed by atoms with E-state index in [1.807, 2.05) is 35.7 Å². The van der Waals surface area contributed by atoms with Gasteiger partial charge in [0, 0.05) is 18.7 Å². The van der Waals surface area contributed by atoms with Crippen molar-refractivity contribution in [3.05, 3.63) is 57.3 Å². The zero-order valence-electron chi connectivity index (χ0n) is 16.4. The Hall–Kier alpha value is -2.47. The third-order valence-corrected chi connectivity index (χ3v) is 6.72. The predicted octanol–water partition coefficient (Wildman–Crippen LogP) is 3.91. The van der Waals surface area contributed by atoms with Crippen molar-refractivity contribution in [1.82, 2.24) is 4.90 Å². The number of ketones is 1. The summed E-state index contributed by atoms with van der Waals surface area (Å²) in [6.45, 7) is 0.858. The Morgan fingerprint density at radius 1 is 1.03 bits per heavy atom. The lowest BCUT2D eigenvalue weighted by Crippen LogP contribution is -2.40. The number of Topliss-reactive ketones (excluding diaryl/α,β-unsaturated/α-hetero) is 1. The van der Waals surface area contributed by atoms with Crippen LogP contribution < -0.4 is 0 Å².